The average Bonchev–Trinajstić information content (AvgIpc) is 3.58. The van der Waals surface area contributed by atoms with Gasteiger partial charge < -0.3 is 9.97 Å². The number of nitrogens with zero attached hydrogens (tertiary/aromatic N) is 2. The summed E-state index contributed by atoms with van der Waals surface area (Å²) in [6.45, 7) is 0. The van der Waals surface area contributed by atoms with Crippen molar-refractivity contribution in [3.8, 4) is 11.1 Å². The highest BCUT2D eigenvalue weighted by atomic mass is 35.5. The van der Waals surface area contributed by atoms with Gasteiger partial charge in [0.2, 0.25) is 0 Å². The fraction of sp³-hybridized carbons (Fsp3) is 0. The number of rotatable bonds is 2. The van der Waals surface area contributed by atoms with Crippen LogP contribution in [-0.2, 0) is 10.1 Å². The quantitative estimate of drug-likeness (QED) is 0.252. The minimum absolute atomic E-state index is 0. The molecule has 0 atom stereocenters. The number of H-pyrrole nitrogens is 2. The van der Waals surface area contributed by atoms with Crippen molar-refractivity contribution in [1.29, 1.82) is 0 Å². The Hall–Kier alpha value is -3.98. The molecule has 0 spiro atoms. The zero-order chi connectivity index (χ0) is 23.3. The van der Waals surface area contributed by atoms with E-state index in [1.165, 1.54) is 6.07 Å². The van der Waals surface area contributed by atoms with E-state index < -0.39 is 10.1 Å². The Kier molecular flexibility index (Phi) is 5.64. The van der Waals surface area contributed by atoms with Gasteiger partial charge in [0.05, 0.1) is 22.8 Å². The number of benzene rings is 1. The molecule has 35 heavy (non-hydrogen) atoms. The summed E-state index contributed by atoms with van der Waals surface area (Å²) in [6.07, 6.45) is 7.66. The van der Waals surface area contributed by atoms with E-state index in [1.807, 2.05) is 66.8 Å². The van der Waals surface area contributed by atoms with Gasteiger partial charge in [0, 0.05) is 33.2 Å². The number of aromatic amines is 2. The van der Waals surface area contributed by atoms with Gasteiger partial charge in [-0.3, -0.25) is 4.55 Å². The molecular formula is C26H19ClN4O3S. The Morgan fingerprint density at radius 3 is 1.77 bits per heavy atom. The van der Waals surface area contributed by atoms with E-state index in [0.29, 0.717) is 22.3 Å². The molecule has 0 aliphatic carbocycles. The van der Waals surface area contributed by atoms with E-state index in [2.05, 4.69) is 19.9 Å². The van der Waals surface area contributed by atoms with Gasteiger partial charge >= 0.3 is 0 Å². The highest BCUT2D eigenvalue weighted by Crippen LogP contribution is 2.32. The zero-order valence-corrected chi connectivity index (χ0v) is 19.8. The number of aromatic nitrogens is 4. The molecule has 8 bridgehead atoms. The van der Waals surface area contributed by atoms with Crippen molar-refractivity contribution in [3.05, 3.63) is 89.5 Å². The van der Waals surface area contributed by atoms with E-state index >= 15 is 0 Å². The third kappa shape index (κ3) is 4.54. The maximum Gasteiger partial charge on any atom is 0.295 e. The molecule has 1 aromatic carbocycles. The molecule has 0 saturated heterocycles. The van der Waals surface area contributed by atoms with Crippen LogP contribution in [0.15, 0.2) is 71.6 Å². The monoisotopic (exact) mass is 502 g/mol. The average molecular weight is 503 g/mol. The zero-order valence-electron chi connectivity index (χ0n) is 18.1. The maximum absolute atomic E-state index is 12.1. The normalized spacial score (nSPS) is 12.5. The van der Waals surface area contributed by atoms with Crippen LogP contribution in [0.4, 0.5) is 0 Å². The molecule has 0 amide bonds. The van der Waals surface area contributed by atoms with Gasteiger partial charge in [-0.1, -0.05) is 18.2 Å². The second kappa shape index (κ2) is 8.66. The fourth-order valence-corrected chi connectivity index (χ4v) is 4.86. The van der Waals surface area contributed by atoms with Gasteiger partial charge in [-0.25, -0.2) is 9.97 Å². The smallest absolute Gasteiger partial charge is 0.295 e. The third-order valence-electron chi connectivity index (χ3n) is 5.62. The second-order valence-corrected chi connectivity index (χ2v) is 9.45. The minimum Gasteiger partial charge on any atom is -0.355 e. The molecular weight excluding hydrogens is 484 g/mol. The first-order valence-corrected chi connectivity index (χ1v) is 12.0. The van der Waals surface area contributed by atoms with Crippen LogP contribution in [-0.4, -0.2) is 32.9 Å². The molecule has 5 heterocycles. The Balaban J connectivity index is 0.00000253. The molecule has 2 aliphatic heterocycles. The number of hydrogen-bond acceptors (Lipinski definition) is 4. The maximum atomic E-state index is 12.1. The first-order valence-electron chi connectivity index (χ1n) is 10.6. The first-order chi connectivity index (χ1) is 16.4. The first kappa shape index (κ1) is 22.8. The van der Waals surface area contributed by atoms with Gasteiger partial charge in [0.25, 0.3) is 10.1 Å². The molecule has 4 aromatic rings. The largest absolute Gasteiger partial charge is 0.355 e. The van der Waals surface area contributed by atoms with Crippen molar-refractivity contribution in [3.63, 3.8) is 0 Å². The molecule has 7 nitrogen and oxygen atoms in total. The summed E-state index contributed by atoms with van der Waals surface area (Å²) in [6, 6.07) is 19.9. The summed E-state index contributed by atoms with van der Waals surface area (Å²) in [5, 5.41) is 0. The van der Waals surface area contributed by atoms with E-state index in [-0.39, 0.29) is 17.3 Å². The van der Waals surface area contributed by atoms with Gasteiger partial charge in [-0.15, -0.1) is 12.4 Å². The molecule has 0 saturated carbocycles. The minimum atomic E-state index is -4.42. The molecule has 3 N–H and O–H groups in total. The van der Waals surface area contributed by atoms with Crippen LogP contribution in [0.1, 0.15) is 22.8 Å². The van der Waals surface area contributed by atoms with Crippen molar-refractivity contribution in [2.45, 2.75) is 4.90 Å². The Morgan fingerprint density at radius 2 is 1.17 bits per heavy atom. The third-order valence-corrected chi connectivity index (χ3v) is 6.54. The van der Waals surface area contributed by atoms with Crippen LogP contribution in [0, 0.1) is 0 Å². The fourth-order valence-electron chi connectivity index (χ4n) is 4.15. The number of hydrogen-bond donors (Lipinski definition) is 3. The van der Waals surface area contributed by atoms with Crippen molar-refractivity contribution >= 4 is 68.9 Å². The Morgan fingerprint density at radius 1 is 0.629 bits per heavy atom. The molecule has 2 aliphatic rings. The van der Waals surface area contributed by atoms with E-state index in [0.717, 1.165) is 33.6 Å². The summed E-state index contributed by atoms with van der Waals surface area (Å²) in [7, 11) is -4.42. The summed E-state index contributed by atoms with van der Waals surface area (Å²) in [5.41, 5.74) is 7.37. The van der Waals surface area contributed by atoms with Crippen LogP contribution in [0.2, 0.25) is 0 Å². The van der Waals surface area contributed by atoms with Gasteiger partial charge in [-0.05, 0) is 72.8 Å². The van der Waals surface area contributed by atoms with Gasteiger partial charge in [-0.2, -0.15) is 8.42 Å². The lowest BCUT2D eigenvalue weighted by atomic mass is 10.1. The summed E-state index contributed by atoms with van der Waals surface area (Å²) in [4.78, 5) is 15.9. The molecule has 9 heteroatoms. The predicted octanol–water partition coefficient (Wildman–Crippen LogP) is 5.99. The number of nitrogens with one attached hydrogen (secondary N) is 2. The van der Waals surface area contributed by atoms with Crippen LogP contribution in [0.25, 0.3) is 57.5 Å². The molecule has 0 radical (unpaired) electrons. The van der Waals surface area contributed by atoms with Gasteiger partial charge in [0.1, 0.15) is 4.90 Å². The van der Waals surface area contributed by atoms with E-state index in [1.54, 1.807) is 18.2 Å². The second-order valence-electron chi connectivity index (χ2n) is 8.06. The van der Waals surface area contributed by atoms with Crippen LogP contribution >= 0.6 is 12.4 Å². The molecule has 0 unspecified atom stereocenters. The highest BCUT2D eigenvalue weighted by Gasteiger charge is 2.18. The van der Waals surface area contributed by atoms with Crippen LogP contribution < -0.4 is 0 Å². The lowest BCUT2D eigenvalue weighted by molar-refractivity contribution is 0.483. The van der Waals surface area contributed by atoms with E-state index in [9.17, 15) is 13.0 Å². The van der Waals surface area contributed by atoms with Crippen molar-refractivity contribution in [2.24, 2.45) is 0 Å². The lowest BCUT2D eigenvalue weighted by Crippen LogP contribution is -2.00. The molecule has 3 aromatic heterocycles. The Bertz CT molecular complexity index is 1800. The molecule has 174 valence electrons. The van der Waals surface area contributed by atoms with Crippen molar-refractivity contribution < 1.29 is 13.0 Å². The number of halogens is 1. The van der Waals surface area contributed by atoms with E-state index in [4.69, 9.17) is 0 Å². The SMILES string of the molecule is Cl.O=S(=O)(O)c1ccccc1-c1cc2cc3nc(cc4ccc(cc5nc(cc1[nH]2)C=C5)[nH]4)C=C3. The molecule has 0 fully saturated rings. The Labute approximate surface area is 207 Å². The standard InChI is InChI=1S/C26H18N4O3S.ClH/c31-34(32,33)26-4-2-1-3-23(26)24-14-22-13-20-8-7-18(28-20)11-16-5-6-17(27-16)12-19-9-10-21(29-19)15-25(24)30-22;/h1-15,27,30H,(H,31,32,33);1H. The lowest BCUT2D eigenvalue weighted by Gasteiger charge is -2.05. The van der Waals surface area contributed by atoms with Gasteiger partial charge in [0.15, 0.2) is 0 Å². The number of fused-ring (bicyclic) bond motifs is 8. The van der Waals surface area contributed by atoms with Crippen LogP contribution in [0.3, 0.4) is 0 Å². The summed E-state index contributed by atoms with van der Waals surface area (Å²) >= 11 is 0. The summed E-state index contributed by atoms with van der Waals surface area (Å²) in [5.74, 6) is 0. The topological polar surface area (TPSA) is 112 Å². The highest BCUT2D eigenvalue weighted by molar-refractivity contribution is 7.86. The van der Waals surface area contributed by atoms with Crippen molar-refractivity contribution in [1.82, 2.24) is 19.9 Å². The predicted molar refractivity (Wildman–Crippen MR) is 141 cm³/mol. The summed E-state index contributed by atoms with van der Waals surface area (Å²) < 4.78 is 33.9. The van der Waals surface area contributed by atoms with Crippen LogP contribution in [0.5, 0.6) is 0 Å². The molecule has 6 rings (SSSR count). The van der Waals surface area contributed by atoms with Crippen molar-refractivity contribution in [2.75, 3.05) is 0 Å².